The molecule has 1 fully saturated rings. The van der Waals surface area contributed by atoms with Crippen molar-refractivity contribution in [2.75, 3.05) is 0 Å². The number of ether oxygens (including phenoxy) is 2. The molecule has 3 unspecified atom stereocenters. The van der Waals surface area contributed by atoms with Gasteiger partial charge in [0.1, 0.15) is 18.4 Å². The molecule has 0 saturated carbocycles. The third kappa shape index (κ3) is 5.28. The number of carbonyl (C=O) groups excluding carboxylic acids is 4. The van der Waals surface area contributed by atoms with Gasteiger partial charge in [0, 0.05) is 37.3 Å². The van der Waals surface area contributed by atoms with Gasteiger partial charge in [0.05, 0.1) is 21.9 Å². The highest BCUT2D eigenvalue weighted by molar-refractivity contribution is 8.06. The Balaban J connectivity index is 1.78. The van der Waals surface area contributed by atoms with Gasteiger partial charge in [-0.2, -0.15) is 0 Å². The van der Waals surface area contributed by atoms with Gasteiger partial charge in [-0.25, -0.2) is 4.79 Å². The molecule has 2 aliphatic rings. The molecule has 2 heterocycles. The smallest absolute Gasteiger partial charge is 0.356 e. The second kappa shape index (κ2) is 10.1. The molecule has 0 aliphatic carbocycles. The zero-order valence-electron chi connectivity index (χ0n) is 18.7. The van der Waals surface area contributed by atoms with E-state index in [4.69, 9.17) is 9.47 Å². The third-order valence-electron chi connectivity index (χ3n) is 5.30. The number of amides is 2. The van der Waals surface area contributed by atoms with E-state index in [1.54, 1.807) is 6.92 Å². The van der Waals surface area contributed by atoms with E-state index in [0.717, 1.165) is 11.8 Å². The van der Waals surface area contributed by atoms with Crippen molar-refractivity contribution in [1.29, 1.82) is 0 Å². The molecule has 0 radical (unpaired) electrons. The van der Waals surface area contributed by atoms with Crippen LogP contribution in [0.1, 0.15) is 32.8 Å². The molecule has 2 amide bonds. The lowest BCUT2D eigenvalue weighted by Gasteiger charge is -2.45. The number of non-ortho nitro benzene ring substituents is 1. The predicted octanol–water partition coefficient (Wildman–Crippen LogP) is 2.37. The number of esters is 2. The number of hydrogen-bond acceptors (Lipinski definition) is 9. The number of rotatable bonds is 9. The molecule has 3 atom stereocenters. The SMILES string of the molecule is C=C(NC(C)=O)SC1=C(C(=O)OCc2ccc([N+](=O)[O-])cc2)N2C(=O)C(C(C)OC(C)=O)C2C1. The van der Waals surface area contributed by atoms with Crippen LogP contribution in [0, 0.1) is 16.0 Å². The van der Waals surface area contributed by atoms with Crippen molar-refractivity contribution in [3.8, 4) is 0 Å². The zero-order valence-corrected chi connectivity index (χ0v) is 19.5. The van der Waals surface area contributed by atoms with Crippen molar-refractivity contribution in [3.05, 3.63) is 62.2 Å². The van der Waals surface area contributed by atoms with E-state index in [1.165, 1.54) is 43.0 Å². The first-order valence-corrected chi connectivity index (χ1v) is 11.1. The van der Waals surface area contributed by atoms with Crippen LogP contribution in [0.5, 0.6) is 0 Å². The van der Waals surface area contributed by atoms with Gasteiger partial charge < -0.3 is 19.7 Å². The van der Waals surface area contributed by atoms with Crippen molar-refractivity contribution >= 4 is 41.2 Å². The first-order chi connectivity index (χ1) is 16.0. The summed E-state index contributed by atoms with van der Waals surface area (Å²) >= 11 is 1.05. The van der Waals surface area contributed by atoms with Crippen LogP contribution in [-0.4, -0.2) is 45.7 Å². The Bertz CT molecular complexity index is 1100. The highest BCUT2D eigenvalue weighted by Crippen LogP contribution is 2.48. The van der Waals surface area contributed by atoms with E-state index in [0.29, 0.717) is 16.9 Å². The number of nitro groups is 1. The molecule has 2 aliphatic heterocycles. The van der Waals surface area contributed by atoms with Gasteiger partial charge in [-0.1, -0.05) is 18.3 Å². The number of nitrogens with zero attached hydrogens (tertiary/aromatic N) is 2. The Morgan fingerprint density at radius 1 is 1.29 bits per heavy atom. The molecule has 11 nitrogen and oxygen atoms in total. The largest absolute Gasteiger partial charge is 0.462 e. The minimum atomic E-state index is -0.758. The number of thioether (sulfide) groups is 1. The lowest BCUT2D eigenvalue weighted by molar-refractivity contribution is -0.384. The molecular formula is C22H23N3O8S. The molecule has 3 rings (SSSR count). The first kappa shape index (κ1) is 25.0. The lowest BCUT2D eigenvalue weighted by atomic mass is 9.83. The highest BCUT2D eigenvalue weighted by atomic mass is 32.2. The van der Waals surface area contributed by atoms with Crippen LogP contribution in [0.25, 0.3) is 0 Å². The van der Waals surface area contributed by atoms with Crippen LogP contribution >= 0.6 is 11.8 Å². The summed E-state index contributed by atoms with van der Waals surface area (Å²) in [6.45, 7) is 7.80. The summed E-state index contributed by atoms with van der Waals surface area (Å²) in [6, 6.07) is 5.13. The second-order valence-corrected chi connectivity index (χ2v) is 8.99. The minimum absolute atomic E-state index is 0.0414. The van der Waals surface area contributed by atoms with Crippen molar-refractivity contribution in [3.63, 3.8) is 0 Å². The van der Waals surface area contributed by atoms with Gasteiger partial charge >= 0.3 is 11.9 Å². The molecule has 12 heteroatoms. The number of benzene rings is 1. The van der Waals surface area contributed by atoms with E-state index >= 15 is 0 Å². The van der Waals surface area contributed by atoms with Crippen molar-refractivity contribution < 1.29 is 33.6 Å². The van der Waals surface area contributed by atoms with Crippen molar-refractivity contribution in [1.82, 2.24) is 10.2 Å². The standard InChI is InChI=1S/C22H23N3O8S/c1-11(33-14(4)27)19-17-9-18(34-13(3)23-12(2)26)20(24(17)21(19)28)22(29)32-10-15-5-7-16(8-6-15)25(30)31/h5-8,11,17,19H,3,9-10H2,1-2,4H3,(H,23,26). The second-order valence-electron chi connectivity index (χ2n) is 7.80. The fraction of sp³-hybridized carbons (Fsp3) is 0.364. The van der Waals surface area contributed by atoms with E-state index in [1.807, 2.05) is 0 Å². The van der Waals surface area contributed by atoms with Crippen molar-refractivity contribution in [2.24, 2.45) is 5.92 Å². The van der Waals surface area contributed by atoms with E-state index in [2.05, 4.69) is 11.9 Å². The number of fused-ring (bicyclic) bond motifs is 1. The summed E-state index contributed by atoms with van der Waals surface area (Å²) in [4.78, 5) is 60.7. The van der Waals surface area contributed by atoms with Crippen LogP contribution in [0.15, 0.2) is 46.5 Å². The van der Waals surface area contributed by atoms with Crippen molar-refractivity contribution in [2.45, 2.75) is 45.9 Å². The summed E-state index contributed by atoms with van der Waals surface area (Å²) in [6.07, 6.45) is -0.376. The van der Waals surface area contributed by atoms with E-state index in [-0.39, 0.29) is 34.8 Å². The van der Waals surface area contributed by atoms with Crippen LogP contribution in [0.2, 0.25) is 0 Å². The zero-order chi connectivity index (χ0) is 25.2. The molecule has 0 aromatic heterocycles. The number of nitro benzene ring substituents is 1. The molecule has 1 aromatic carbocycles. The molecule has 1 saturated heterocycles. The molecule has 34 heavy (non-hydrogen) atoms. The molecule has 0 bridgehead atoms. The van der Waals surface area contributed by atoms with Gasteiger partial charge in [-0.05, 0) is 24.6 Å². The lowest BCUT2D eigenvalue weighted by Crippen LogP contribution is -2.62. The van der Waals surface area contributed by atoms with Gasteiger partial charge in [0.2, 0.25) is 11.8 Å². The Hall–Kier alpha value is -3.67. The Morgan fingerprint density at radius 2 is 1.94 bits per heavy atom. The fourth-order valence-corrected chi connectivity index (χ4v) is 4.96. The predicted molar refractivity (Wildman–Crippen MR) is 120 cm³/mol. The molecule has 1 aromatic rings. The summed E-state index contributed by atoms with van der Waals surface area (Å²) in [5, 5.41) is 13.6. The summed E-state index contributed by atoms with van der Waals surface area (Å²) in [7, 11) is 0. The number of carbonyl (C=O) groups is 4. The maximum Gasteiger partial charge on any atom is 0.356 e. The first-order valence-electron chi connectivity index (χ1n) is 10.3. The van der Waals surface area contributed by atoms with Crippen LogP contribution in [0.3, 0.4) is 0 Å². The fourth-order valence-electron chi connectivity index (χ4n) is 3.93. The Morgan fingerprint density at radius 3 is 2.50 bits per heavy atom. The maximum atomic E-state index is 13.0. The van der Waals surface area contributed by atoms with Gasteiger partial charge in [-0.15, -0.1) is 0 Å². The average molecular weight is 490 g/mol. The average Bonchev–Trinajstić information content (AvgIpc) is 3.04. The molecular weight excluding hydrogens is 466 g/mol. The number of β-lactam (4-membered cyclic amide) rings is 1. The summed E-state index contributed by atoms with van der Waals surface area (Å²) < 4.78 is 10.6. The molecule has 0 spiro atoms. The number of nitrogens with one attached hydrogen (secondary N) is 1. The molecule has 180 valence electrons. The van der Waals surface area contributed by atoms with Gasteiger partial charge in [0.15, 0.2) is 0 Å². The van der Waals surface area contributed by atoms with Gasteiger partial charge in [-0.3, -0.25) is 24.5 Å². The summed E-state index contributed by atoms with van der Waals surface area (Å²) in [5.74, 6) is -2.60. The van der Waals surface area contributed by atoms with E-state index < -0.39 is 34.9 Å². The maximum absolute atomic E-state index is 13.0. The highest BCUT2D eigenvalue weighted by Gasteiger charge is 2.58. The molecule has 1 N–H and O–H groups in total. The number of hydrogen-bond donors (Lipinski definition) is 1. The Labute approximate surface area is 199 Å². The van der Waals surface area contributed by atoms with E-state index in [9.17, 15) is 29.3 Å². The van der Waals surface area contributed by atoms with Crippen LogP contribution < -0.4 is 5.32 Å². The topological polar surface area (TPSA) is 145 Å². The summed E-state index contributed by atoms with van der Waals surface area (Å²) in [5.41, 5.74) is 0.479. The third-order valence-corrected chi connectivity index (χ3v) is 6.25. The van der Waals surface area contributed by atoms with Crippen LogP contribution in [-0.2, 0) is 35.3 Å². The van der Waals surface area contributed by atoms with Crippen LogP contribution in [0.4, 0.5) is 5.69 Å². The normalized spacial score (nSPS) is 19.6. The minimum Gasteiger partial charge on any atom is -0.462 e. The quantitative estimate of drug-likeness (QED) is 0.239. The monoisotopic (exact) mass is 489 g/mol. The van der Waals surface area contributed by atoms with Gasteiger partial charge in [0.25, 0.3) is 5.69 Å². The Kier molecular flexibility index (Phi) is 7.40.